The van der Waals surface area contributed by atoms with Crippen molar-refractivity contribution in [3.8, 4) is 5.75 Å². The van der Waals surface area contributed by atoms with Gasteiger partial charge in [0.25, 0.3) is 5.91 Å². The molecule has 0 radical (unpaired) electrons. The third-order valence-electron chi connectivity index (χ3n) is 2.29. The maximum atomic E-state index is 12.5. The Morgan fingerprint density at radius 3 is 2.71 bits per heavy atom. The van der Waals surface area contributed by atoms with Gasteiger partial charge in [-0.25, -0.2) is 0 Å². The number of amides is 1. The molecule has 0 bridgehead atoms. The Hall–Kier alpha value is -0.450. The van der Waals surface area contributed by atoms with Gasteiger partial charge in [-0.1, -0.05) is 11.6 Å². The minimum atomic E-state index is -3.01. The Kier molecular flexibility index (Phi) is 5.81. The molecule has 21 heavy (non-hydrogen) atoms. The van der Waals surface area contributed by atoms with Crippen molar-refractivity contribution in [3.63, 3.8) is 0 Å². The number of benzene rings is 1. The van der Waals surface area contributed by atoms with Crippen molar-refractivity contribution >= 4 is 73.1 Å². The van der Waals surface area contributed by atoms with Gasteiger partial charge in [0, 0.05) is 10.4 Å². The summed E-state index contributed by atoms with van der Waals surface area (Å²) in [5.74, 6) is -0.602. The molecule has 0 unspecified atom stereocenters. The van der Waals surface area contributed by atoms with E-state index in [0.717, 1.165) is 2.88 Å². The van der Waals surface area contributed by atoms with E-state index in [2.05, 4.69) is 48.6 Å². The Morgan fingerprint density at radius 1 is 1.43 bits per heavy atom. The van der Waals surface area contributed by atoms with Crippen LogP contribution in [0.2, 0.25) is 5.02 Å². The van der Waals surface area contributed by atoms with Crippen LogP contribution in [-0.4, -0.2) is 12.5 Å². The average molecular weight is 509 g/mol. The SMILES string of the molecule is O=C(Nc1cc(Cl)cc(Br)c1OC(F)F)c1csc(I)c1. The van der Waals surface area contributed by atoms with Gasteiger partial charge in [-0.2, -0.15) is 8.78 Å². The number of carbonyl (C=O) groups excluding carboxylic acids is 1. The van der Waals surface area contributed by atoms with Crippen molar-refractivity contribution in [1.82, 2.24) is 0 Å². The molecule has 0 atom stereocenters. The Bertz CT molecular complexity index is 683. The minimum absolute atomic E-state index is 0.0703. The monoisotopic (exact) mass is 507 g/mol. The third-order valence-corrected chi connectivity index (χ3v) is 4.89. The number of carbonyl (C=O) groups is 1. The molecule has 0 fully saturated rings. The lowest BCUT2D eigenvalue weighted by molar-refractivity contribution is -0.0498. The van der Waals surface area contributed by atoms with Crippen LogP contribution >= 0.6 is 61.5 Å². The van der Waals surface area contributed by atoms with Gasteiger partial charge in [0.05, 0.1) is 18.6 Å². The van der Waals surface area contributed by atoms with Crippen LogP contribution in [0.5, 0.6) is 5.75 Å². The van der Waals surface area contributed by atoms with Crippen molar-refractivity contribution in [2.75, 3.05) is 5.32 Å². The number of alkyl halides is 2. The van der Waals surface area contributed by atoms with Gasteiger partial charge in [0.2, 0.25) is 0 Å². The quantitative estimate of drug-likeness (QED) is 0.545. The smallest absolute Gasteiger partial charge is 0.387 e. The van der Waals surface area contributed by atoms with Crippen LogP contribution in [0.1, 0.15) is 10.4 Å². The first-order chi connectivity index (χ1) is 9.86. The topological polar surface area (TPSA) is 38.3 Å². The van der Waals surface area contributed by atoms with Crippen molar-refractivity contribution in [1.29, 1.82) is 0 Å². The molecule has 0 aliphatic rings. The van der Waals surface area contributed by atoms with E-state index in [-0.39, 0.29) is 20.9 Å². The van der Waals surface area contributed by atoms with E-state index in [4.69, 9.17) is 11.6 Å². The Morgan fingerprint density at radius 2 is 2.14 bits per heavy atom. The van der Waals surface area contributed by atoms with Crippen molar-refractivity contribution in [3.05, 3.63) is 41.5 Å². The number of hydrogen-bond acceptors (Lipinski definition) is 3. The first-order valence-electron chi connectivity index (χ1n) is 5.36. The van der Waals surface area contributed by atoms with E-state index >= 15 is 0 Å². The van der Waals surface area contributed by atoms with Crippen LogP contribution in [0, 0.1) is 2.88 Å². The second-order valence-corrected chi connectivity index (χ2v) is 7.83. The molecule has 112 valence electrons. The summed E-state index contributed by atoms with van der Waals surface area (Å²) in [7, 11) is 0. The van der Waals surface area contributed by atoms with Crippen LogP contribution < -0.4 is 10.1 Å². The molecule has 9 heteroatoms. The molecule has 2 aromatic rings. The highest BCUT2D eigenvalue weighted by Crippen LogP contribution is 2.37. The van der Waals surface area contributed by atoms with Gasteiger partial charge in [-0.15, -0.1) is 11.3 Å². The summed E-state index contributed by atoms with van der Waals surface area (Å²) in [5.41, 5.74) is 0.504. The molecule has 1 aromatic heterocycles. The number of anilines is 1. The normalized spacial score (nSPS) is 10.8. The van der Waals surface area contributed by atoms with Crippen molar-refractivity contribution in [2.24, 2.45) is 0 Å². The standard InChI is InChI=1S/C12H6BrClF2INO2S/c13-7-2-6(14)3-8(10(7)20-12(15)16)18-11(19)5-1-9(17)21-4-5/h1-4,12H,(H,18,19). The van der Waals surface area contributed by atoms with Crippen molar-refractivity contribution < 1.29 is 18.3 Å². The summed E-state index contributed by atoms with van der Waals surface area (Å²) in [5, 5.41) is 4.47. The average Bonchev–Trinajstić information content (AvgIpc) is 2.80. The van der Waals surface area contributed by atoms with E-state index in [9.17, 15) is 13.6 Å². The van der Waals surface area contributed by atoms with E-state index in [1.165, 1.54) is 23.5 Å². The maximum Gasteiger partial charge on any atom is 0.387 e. The molecule has 3 nitrogen and oxygen atoms in total. The lowest BCUT2D eigenvalue weighted by atomic mass is 10.2. The zero-order valence-corrected chi connectivity index (χ0v) is 15.3. The molecular formula is C12H6BrClF2INO2S. The van der Waals surface area contributed by atoms with Crippen LogP contribution in [0.4, 0.5) is 14.5 Å². The fraction of sp³-hybridized carbons (Fsp3) is 0.0833. The van der Waals surface area contributed by atoms with Crippen molar-refractivity contribution in [2.45, 2.75) is 6.61 Å². The number of halogens is 5. The number of hydrogen-bond donors (Lipinski definition) is 1. The van der Waals surface area contributed by atoms with Gasteiger partial charge in [-0.3, -0.25) is 4.79 Å². The molecule has 0 aliphatic carbocycles. The highest BCUT2D eigenvalue weighted by Gasteiger charge is 2.18. The maximum absolute atomic E-state index is 12.5. The molecular weight excluding hydrogens is 502 g/mol. The van der Waals surface area contributed by atoms with Crippen LogP contribution in [0.25, 0.3) is 0 Å². The lowest BCUT2D eigenvalue weighted by Crippen LogP contribution is -2.13. The molecule has 0 saturated carbocycles. The van der Waals surface area contributed by atoms with Gasteiger partial charge in [0.15, 0.2) is 5.75 Å². The van der Waals surface area contributed by atoms with Crippen LogP contribution in [0.15, 0.2) is 28.1 Å². The molecule has 1 aromatic carbocycles. The number of ether oxygens (including phenoxy) is 1. The van der Waals surface area contributed by atoms with E-state index < -0.39 is 12.5 Å². The Labute approximate surface area is 149 Å². The van der Waals surface area contributed by atoms with Crippen LogP contribution in [-0.2, 0) is 0 Å². The minimum Gasteiger partial charge on any atom is -0.431 e. The third kappa shape index (κ3) is 4.51. The second-order valence-electron chi connectivity index (χ2n) is 3.74. The second kappa shape index (κ2) is 7.21. The highest BCUT2D eigenvalue weighted by molar-refractivity contribution is 14.1. The first-order valence-corrected chi connectivity index (χ1v) is 8.49. The van der Waals surface area contributed by atoms with Crippen LogP contribution in [0.3, 0.4) is 0 Å². The van der Waals surface area contributed by atoms with Gasteiger partial charge in [0.1, 0.15) is 0 Å². The molecule has 0 spiro atoms. The molecule has 0 saturated heterocycles. The summed E-state index contributed by atoms with van der Waals surface area (Å²) >= 11 is 12.4. The highest BCUT2D eigenvalue weighted by atomic mass is 127. The summed E-state index contributed by atoms with van der Waals surface area (Å²) < 4.78 is 30.5. The largest absolute Gasteiger partial charge is 0.431 e. The fourth-order valence-electron chi connectivity index (χ4n) is 1.49. The molecule has 0 aliphatic heterocycles. The summed E-state index contributed by atoms with van der Waals surface area (Å²) in [6.45, 7) is -3.01. The predicted molar refractivity (Wildman–Crippen MR) is 90.8 cm³/mol. The molecule has 1 N–H and O–H groups in total. The van der Waals surface area contributed by atoms with E-state index in [0.29, 0.717) is 5.56 Å². The van der Waals surface area contributed by atoms with Gasteiger partial charge < -0.3 is 10.1 Å². The van der Waals surface area contributed by atoms with Gasteiger partial charge >= 0.3 is 6.61 Å². The van der Waals surface area contributed by atoms with Gasteiger partial charge in [-0.05, 0) is 56.7 Å². The summed E-state index contributed by atoms with van der Waals surface area (Å²) in [4.78, 5) is 12.1. The van der Waals surface area contributed by atoms with E-state index in [1.54, 1.807) is 11.4 Å². The fourth-order valence-corrected chi connectivity index (χ4v) is 3.72. The zero-order valence-electron chi connectivity index (χ0n) is 10.0. The zero-order chi connectivity index (χ0) is 15.6. The Balaban J connectivity index is 2.32. The first kappa shape index (κ1) is 16.9. The predicted octanol–water partition coefficient (Wildman–Crippen LogP) is 5.62. The molecule has 1 amide bonds. The number of nitrogens with one attached hydrogen (secondary N) is 1. The summed E-state index contributed by atoms with van der Waals surface area (Å²) in [6, 6.07) is 4.44. The molecule has 1 heterocycles. The lowest BCUT2D eigenvalue weighted by Gasteiger charge is -2.13. The summed E-state index contributed by atoms with van der Waals surface area (Å²) in [6.07, 6.45) is 0. The molecule has 2 rings (SSSR count). The number of thiophene rings is 1. The number of rotatable bonds is 4. The van der Waals surface area contributed by atoms with E-state index in [1.807, 2.05) is 0 Å².